The molecule has 6 atom stereocenters. The molecule has 266 valence electrons. The Morgan fingerprint density at radius 2 is 1.20 bits per heavy atom. The Morgan fingerprint density at radius 1 is 0.733 bits per heavy atom. The van der Waals surface area contributed by atoms with E-state index in [2.05, 4.69) is 24.5 Å². The minimum Gasteiger partial charge on any atom is -0.394 e. The first-order valence-corrected chi connectivity index (χ1v) is 19.5. The number of amides is 2. The molecule has 0 aliphatic carbocycles. The van der Waals surface area contributed by atoms with Crippen LogP contribution in [0.2, 0.25) is 0 Å². The van der Waals surface area contributed by atoms with Crippen molar-refractivity contribution in [2.24, 2.45) is 5.73 Å². The standard InChI is InChI=1S/C35H69N3O6S/c1-3-5-7-9-11-13-14-15-17-19-21-23-25-37-34(43)28(27-45-35-31(36)33(42)32(41)29(26-39)44-35)38-30(40)24-22-20-18-16-12-10-8-6-4-2/h28-29,31-33,35,39,41-42H,3-27,36H2,1-2H3,(H,37,43)(H,38,40)/t28-,29+,31+,32-,33+,35-/m0/s1. The van der Waals surface area contributed by atoms with Gasteiger partial charge in [-0.1, -0.05) is 136 Å². The second-order valence-corrected chi connectivity index (χ2v) is 14.1. The third-order valence-corrected chi connectivity index (χ3v) is 10.1. The first-order chi connectivity index (χ1) is 21.8. The minimum absolute atomic E-state index is 0.151. The van der Waals surface area contributed by atoms with Crippen LogP contribution in [0.4, 0.5) is 0 Å². The number of hydrogen-bond donors (Lipinski definition) is 6. The van der Waals surface area contributed by atoms with Gasteiger partial charge in [-0.25, -0.2) is 0 Å². The van der Waals surface area contributed by atoms with Crippen molar-refractivity contribution in [1.82, 2.24) is 10.6 Å². The Balaban J connectivity index is 2.44. The van der Waals surface area contributed by atoms with Gasteiger partial charge in [-0.2, -0.15) is 0 Å². The summed E-state index contributed by atoms with van der Waals surface area (Å²) in [6, 6.07) is -1.67. The molecule has 45 heavy (non-hydrogen) atoms. The van der Waals surface area contributed by atoms with Crippen LogP contribution in [0, 0.1) is 0 Å². The van der Waals surface area contributed by atoms with Crippen LogP contribution in [0.1, 0.15) is 155 Å². The predicted molar refractivity (Wildman–Crippen MR) is 186 cm³/mol. The SMILES string of the molecule is CCCCCCCCCCCCCCNC(=O)[C@H](CS[C@@H]1O[C@H](CO)[C@H](O)[C@H](O)[C@H]1N)NC(=O)CCCCCCCCCCC. The minimum atomic E-state index is -1.28. The Kier molecular flexibility index (Phi) is 26.3. The van der Waals surface area contributed by atoms with E-state index >= 15 is 0 Å². The number of unbranched alkanes of at least 4 members (excludes halogenated alkanes) is 19. The van der Waals surface area contributed by atoms with E-state index in [1.165, 1.54) is 108 Å². The van der Waals surface area contributed by atoms with Gasteiger partial charge >= 0.3 is 0 Å². The number of carbonyl (C=O) groups excluding carboxylic acids is 2. The summed E-state index contributed by atoms with van der Waals surface area (Å²) in [5.74, 6) is -0.191. The molecular weight excluding hydrogens is 590 g/mol. The Labute approximate surface area is 279 Å². The largest absolute Gasteiger partial charge is 0.394 e. The number of rotatable bonds is 29. The highest BCUT2D eigenvalue weighted by atomic mass is 32.2. The summed E-state index contributed by atoms with van der Waals surface area (Å²) in [6.45, 7) is 4.57. The molecular formula is C35H69N3O6S. The maximum atomic E-state index is 13.2. The molecule has 1 rings (SSSR count). The normalized spacial score (nSPS) is 22.3. The van der Waals surface area contributed by atoms with Crippen molar-refractivity contribution in [3.8, 4) is 0 Å². The van der Waals surface area contributed by atoms with E-state index in [1.54, 1.807) is 0 Å². The zero-order valence-corrected chi connectivity index (χ0v) is 29.5. The predicted octanol–water partition coefficient (Wildman–Crippen LogP) is 5.71. The van der Waals surface area contributed by atoms with Crippen LogP contribution in [0.3, 0.4) is 0 Å². The fraction of sp³-hybridized carbons (Fsp3) is 0.943. The Morgan fingerprint density at radius 3 is 1.69 bits per heavy atom. The lowest BCUT2D eigenvalue weighted by molar-refractivity contribution is -0.165. The summed E-state index contributed by atoms with van der Waals surface area (Å²) in [4.78, 5) is 26.0. The van der Waals surface area contributed by atoms with E-state index in [0.29, 0.717) is 13.0 Å². The molecule has 0 aromatic rings. The number of aliphatic hydroxyl groups is 3. The number of carbonyl (C=O) groups is 2. The monoisotopic (exact) mass is 659 g/mol. The number of nitrogens with one attached hydrogen (secondary N) is 2. The first-order valence-electron chi connectivity index (χ1n) is 18.4. The summed E-state index contributed by atoms with van der Waals surface area (Å²) >= 11 is 1.21. The van der Waals surface area contributed by atoms with Crippen molar-refractivity contribution in [1.29, 1.82) is 0 Å². The van der Waals surface area contributed by atoms with Gasteiger partial charge in [0.2, 0.25) is 11.8 Å². The first kappa shape index (κ1) is 42.1. The molecule has 1 saturated heterocycles. The van der Waals surface area contributed by atoms with Crippen molar-refractivity contribution in [3.05, 3.63) is 0 Å². The maximum Gasteiger partial charge on any atom is 0.243 e. The van der Waals surface area contributed by atoms with Crippen LogP contribution in [0.5, 0.6) is 0 Å². The van der Waals surface area contributed by atoms with E-state index < -0.39 is 42.4 Å². The third-order valence-electron chi connectivity index (χ3n) is 8.84. The molecule has 1 heterocycles. The molecule has 0 aromatic heterocycles. The van der Waals surface area contributed by atoms with Crippen LogP contribution in [0.25, 0.3) is 0 Å². The van der Waals surface area contributed by atoms with E-state index in [0.717, 1.165) is 38.5 Å². The third kappa shape index (κ3) is 20.1. The molecule has 9 nitrogen and oxygen atoms in total. The summed E-state index contributed by atoms with van der Waals surface area (Å²) in [6.07, 6.45) is 22.4. The summed E-state index contributed by atoms with van der Waals surface area (Å²) < 4.78 is 5.71. The molecule has 0 spiro atoms. The average Bonchev–Trinajstić information content (AvgIpc) is 3.04. The zero-order valence-electron chi connectivity index (χ0n) is 28.7. The van der Waals surface area contributed by atoms with E-state index in [9.17, 15) is 24.9 Å². The second-order valence-electron chi connectivity index (χ2n) is 13.0. The molecule has 7 N–H and O–H groups in total. The highest BCUT2D eigenvalue weighted by Crippen LogP contribution is 2.28. The van der Waals surface area contributed by atoms with Crippen molar-refractivity contribution in [2.75, 3.05) is 18.9 Å². The Bertz CT molecular complexity index is 731. The van der Waals surface area contributed by atoms with Crippen molar-refractivity contribution >= 4 is 23.6 Å². The van der Waals surface area contributed by atoms with Gasteiger partial charge in [0, 0.05) is 18.7 Å². The molecule has 0 unspecified atom stereocenters. The zero-order chi connectivity index (χ0) is 33.1. The van der Waals surface area contributed by atoms with Crippen LogP contribution in [-0.4, -0.2) is 81.9 Å². The van der Waals surface area contributed by atoms with Crippen LogP contribution in [0.15, 0.2) is 0 Å². The number of ether oxygens (including phenoxy) is 1. The molecule has 2 amide bonds. The topological polar surface area (TPSA) is 154 Å². The van der Waals surface area contributed by atoms with Gasteiger partial charge in [-0.3, -0.25) is 9.59 Å². The molecule has 1 aliphatic rings. The molecule has 10 heteroatoms. The molecule has 0 bridgehead atoms. The van der Waals surface area contributed by atoms with Gasteiger partial charge in [-0.15, -0.1) is 11.8 Å². The molecule has 1 aliphatic heterocycles. The lowest BCUT2D eigenvalue weighted by Crippen LogP contribution is -2.61. The van der Waals surface area contributed by atoms with Gasteiger partial charge < -0.3 is 36.4 Å². The van der Waals surface area contributed by atoms with Crippen molar-refractivity contribution < 1.29 is 29.6 Å². The van der Waals surface area contributed by atoms with Gasteiger partial charge in [0.05, 0.1) is 12.6 Å². The summed E-state index contributed by atoms with van der Waals surface area (Å²) in [5, 5.41) is 35.8. The van der Waals surface area contributed by atoms with Gasteiger partial charge in [0.15, 0.2) is 0 Å². The van der Waals surface area contributed by atoms with Gasteiger partial charge in [0.1, 0.15) is 29.8 Å². The molecule has 0 radical (unpaired) electrons. The van der Waals surface area contributed by atoms with E-state index in [-0.39, 0.29) is 17.6 Å². The van der Waals surface area contributed by atoms with Gasteiger partial charge in [-0.05, 0) is 12.8 Å². The lowest BCUT2D eigenvalue weighted by atomic mass is 9.99. The van der Waals surface area contributed by atoms with E-state index in [1.807, 2.05) is 0 Å². The highest BCUT2D eigenvalue weighted by molar-refractivity contribution is 7.99. The maximum absolute atomic E-state index is 13.2. The van der Waals surface area contributed by atoms with Crippen molar-refractivity contribution in [2.45, 2.75) is 191 Å². The summed E-state index contributed by atoms with van der Waals surface area (Å²) in [5.41, 5.74) is 5.36. The quantitative estimate of drug-likeness (QED) is 0.0559. The highest BCUT2D eigenvalue weighted by Gasteiger charge is 2.43. The fourth-order valence-corrected chi connectivity index (χ4v) is 7.01. The smallest absolute Gasteiger partial charge is 0.243 e. The van der Waals surface area contributed by atoms with Crippen LogP contribution < -0.4 is 16.4 Å². The fourth-order valence-electron chi connectivity index (χ4n) is 5.79. The van der Waals surface area contributed by atoms with Gasteiger partial charge in [0.25, 0.3) is 0 Å². The Hall–Kier alpha value is -0.910. The molecule has 0 aromatic carbocycles. The second kappa shape index (κ2) is 28.1. The number of thioether (sulfide) groups is 1. The number of aliphatic hydroxyl groups excluding tert-OH is 3. The van der Waals surface area contributed by atoms with Crippen LogP contribution in [-0.2, 0) is 14.3 Å². The molecule has 0 saturated carbocycles. The average molecular weight is 660 g/mol. The van der Waals surface area contributed by atoms with Crippen molar-refractivity contribution in [3.63, 3.8) is 0 Å². The van der Waals surface area contributed by atoms with E-state index in [4.69, 9.17) is 10.5 Å². The van der Waals surface area contributed by atoms with Crippen LogP contribution >= 0.6 is 11.8 Å². The number of hydrogen-bond acceptors (Lipinski definition) is 8. The molecule has 1 fully saturated rings. The lowest BCUT2D eigenvalue weighted by Gasteiger charge is -2.40. The summed E-state index contributed by atoms with van der Waals surface area (Å²) in [7, 11) is 0. The number of nitrogens with two attached hydrogens (primary N) is 1.